The highest BCUT2D eigenvalue weighted by atomic mass is 16.1. The van der Waals surface area contributed by atoms with Crippen molar-refractivity contribution in [2.45, 2.75) is 26.2 Å². The van der Waals surface area contributed by atoms with Gasteiger partial charge in [-0.15, -0.1) is 6.58 Å². The maximum Gasteiger partial charge on any atom is 0.231 e. The SMILES string of the molecule is C=CC(CCCC)C(=O)Nc1cccc2cccnc12. The van der Waals surface area contributed by atoms with Crippen molar-refractivity contribution >= 4 is 22.5 Å². The lowest BCUT2D eigenvalue weighted by Crippen LogP contribution is -2.21. The minimum absolute atomic E-state index is 0.00777. The fourth-order valence-corrected chi connectivity index (χ4v) is 2.21. The number of nitrogens with zero attached hydrogens (tertiary/aromatic N) is 1. The Morgan fingerprint density at radius 2 is 2.20 bits per heavy atom. The van der Waals surface area contributed by atoms with E-state index in [1.165, 1.54) is 0 Å². The van der Waals surface area contributed by atoms with E-state index in [1.54, 1.807) is 12.3 Å². The van der Waals surface area contributed by atoms with E-state index in [9.17, 15) is 4.79 Å². The van der Waals surface area contributed by atoms with Crippen LogP contribution in [-0.2, 0) is 4.79 Å². The molecule has 3 nitrogen and oxygen atoms in total. The van der Waals surface area contributed by atoms with Gasteiger partial charge in [-0.2, -0.15) is 0 Å². The average Bonchev–Trinajstić information content (AvgIpc) is 2.48. The van der Waals surface area contributed by atoms with Crippen molar-refractivity contribution in [2.75, 3.05) is 5.32 Å². The van der Waals surface area contributed by atoms with Crippen molar-refractivity contribution in [3.63, 3.8) is 0 Å². The van der Waals surface area contributed by atoms with Crippen LogP contribution in [0.4, 0.5) is 5.69 Å². The summed E-state index contributed by atoms with van der Waals surface area (Å²) >= 11 is 0. The molecule has 1 unspecified atom stereocenters. The van der Waals surface area contributed by atoms with Crippen molar-refractivity contribution in [3.8, 4) is 0 Å². The minimum Gasteiger partial charge on any atom is -0.324 e. The van der Waals surface area contributed by atoms with E-state index >= 15 is 0 Å². The first-order valence-electron chi connectivity index (χ1n) is 7.03. The van der Waals surface area contributed by atoms with Crippen LogP contribution in [0.2, 0.25) is 0 Å². The molecule has 0 aliphatic carbocycles. The largest absolute Gasteiger partial charge is 0.324 e. The second-order valence-corrected chi connectivity index (χ2v) is 4.85. The van der Waals surface area contributed by atoms with E-state index < -0.39 is 0 Å². The van der Waals surface area contributed by atoms with E-state index in [2.05, 4.69) is 23.8 Å². The first kappa shape index (κ1) is 14.3. The molecule has 2 rings (SSSR count). The summed E-state index contributed by atoms with van der Waals surface area (Å²) in [7, 11) is 0. The molecule has 1 aromatic heterocycles. The molecule has 0 aliphatic rings. The number of nitrogens with one attached hydrogen (secondary N) is 1. The maximum absolute atomic E-state index is 12.3. The monoisotopic (exact) mass is 268 g/mol. The molecule has 0 saturated carbocycles. The molecule has 0 saturated heterocycles. The Bertz CT molecular complexity index is 601. The highest BCUT2D eigenvalue weighted by Gasteiger charge is 2.15. The number of para-hydroxylation sites is 1. The quantitative estimate of drug-likeness (QED) is 0.799. The Labute approximate surface area is 119 Å². The lowest BCUT2D eigenvalue weighted by molar-refractivity contribution is -0.118. The van der Waals surface area contributed by atoms with Crippen molar-refractivity contribution in [1.82, 2.24) is 4.98 Å². The number of carbonyl (C=O) groups excluding carboxylic acids is 1. The van der Waals surface area contributed by atoms with Crippen LogP contribution in [0.1, 0.15) is 26.2 Å². The van der Waals surface area contributed by atoms with Gasteiger partial charge in [0.15, 0.2) is 0 Å². The van der Waals surface area contributed by atoms with E-state index in [4.69, 9.17) is 0 Å². The Morgan fingerprint density at radius 3 is 2.95 bits per heavy atom. The third-order valence-corrected chi connectivity index (χ3v) is 3.38. The summed E-state index contributed by atoms with van der Waals surface area (Å²) in [5.74, 6) is -0.152. The number of benzene rings is 1. The molecule has 0 bridgehead atoms. The smallest absolute Gasteiger partial charge is 0.231 e. The molecule has 20 heavy (non-hydrogen) atoms. The highest BCUT2D eigenvalue weighted by Crippen LogP contribution is 2.22. The summed E-state index contributed by atoms with van der Waals surface area (Å²) in [6, 6.07) is 9.67. The standard InChI is InChI=1S/C17H20N2O/c1-3-5-8-13(4-2)17(20)19-15-11-6-9-14-10-7-12-18-16(14)15/h4,6-7,9-13H,2-3,5,8H2,1H3,(H,19,20). The number of pyridine rings is 1. The molecule has 104 valence electrons. The number of carbonyl (C=O) groups is 1. The summed E-state index contributed by atoms with van der Waals surface area (Å²) in [6.45, 7) is 5.88. The van der Waals surface area contributed by atoms with Crippen LogP contribution in [0.3, 0.4) is 0 Å². The van der Waals surface area contributed by atoms with Crippen molar-refractivity contribution in [2.24, 2.45) is 5.92 Å². The van der Waals surface area contributed by atoms with Gasteiger partial charge in [-0.1, -0.05) is 44.0 Å². The van der Waals surface area contributed by atoms with Crippen LogP contribution in [0.25, 0.3) is 10.9 Å². The summed E-state index contributed by atoms with van der Waals surface area (Å²) in [5, 5.41) is 3.99. The van der Waals surface area contributed by atoms with Gasteiger partial charge in [0.2, 0.25) is 5.91 Å². The predicted molar refractivity (Wildman–Crippen MR) is 83.6 cm³/mol. The number of anilines is 1. The molecular weight excluding hydrogens is 248 g/mol. The fraction of sp³-hybridized carbons (Fsp3) is 0.294. The van der Waals surface area contributed by atoms with Crippen LogP contribution in [0.5, 0.6) is 0 Å². The van der Waals surface area contributed by atoms with Crippen LogP contribution >= 0.6 is 0 Å². The van der Waals surface area contributed by atoms with E-state index in [1.807, 2.05) is 30.3 Å². The number of hydrogen-bond acceptors (Lipinski definition) is 2. The fourth-order valence-electron chi connectivity index (χ4n) is 2.21. The number of unbranched alkanes of at least 4 members (excludes halogenated alkanes) is 1. The number of fused-ring (bicyclic) bond motifs is 1. The molecule has 2 aromatic rings. The molecule has 3 heteroatoms. The van der Waals surface area contributed by atoms with Gasteiger partial charge in [0.05, 0.1) is 17.1 Å². The molecule has 0 aliphatic heterocycles. The zero-order valence-corrected chi connectivity index (χ0v) is 11.8. The van der Waals surface area contributed by atoms with Crippen molar-refractivity contribution < 1.29 is 4.79 Å². The van der Waals surface area contributed by atoms with E-state index in [0.29, 0.717) is 0 Å². The second-order valence-electron chi connectivity index (χ2n) is 4.85. The molecule has 1 heterocycles. The molecule has 0 spiro atoms. The van der Waals surface area contributed by atoms with Crippen LogP contribution in [0.15, 0.2) is 49.2 Å². The van der Waals surface area contributed by atoms with Crippen LogP contribution in [0, 0.1) is 5.92 Å². The molecule has 1 N–H and O–H groups in total. The number of hydrogen-bond donors (Lipinski definition) is 1. The molecule has 1 atom stereocenters. The number of rotatable bonds is 6. The zero-order chi connectivity index (χ0) is 14.4. The normalized spacial score (nSPS) is 12.1. The molecule has 0 radical (unpaired) electrons. The number of aromatic nitrogens is 1. The molecule has 1 amide bonds. The van der Waals surface area contributed by atoms with Crippen LogP contribution < -0.4 is 5.32 Å². The maximum atomic E-state index is 12.3. The van der Waals surface area contributed by atoms with Gasteiger partial charge in [0.1, 0.15) is 0 Å². The Hall–Kier alpha value is -2.16. The third kappa shape index (κ3) is 3.23. The predicted octanol–water partition coefficient (Wildman–Crippen LogP) is 4.17. The third-order valence-electron chi connectivity index (χ3n) is 3.38. The summed E-state index contributed by atoms with van der Waals surface area (Å²) < 4.78 is 0. The van der Waals surface area contributed by atoms with Gasteiger partial charge in [-0.05, 0) is 18.6 Å². The van der Waals surface area contributed by atoms with Gasteiger partial charge in [0.25, 0.3) is 0 Å². The first-order valence-corrected chi connectivity index (χ1v) is 7.03. The van der Waals surface area contributed by atoms with Gasteiger partial charge < -0.3 is 5.32 Å². The topological polar surface area (TPSA) is 42.0 Å². The molecule has 1 aromatic carbocycles. The molecular formula is C17H20N2O. The van der Waals surface area contributed by atoms with Crippen LogP contribution in [-0.4, -0.2) is 10.9 Å². The zero-order valence-electron chi connectivity index (χ0n) is 11.8. The minimum atomic E-state index is -0.145. The molecule has 0 fully saturated rings. The van der Waals surface area contributed by atoms with Gasteiger partial charge in [-0.3, -0.25) is 9.78 Å². The highest BCUT2D eigenvalue weighted by molar-refractivity contribution is 6.01. The lowest BCUT2D eigenvalue weighted by atomic mass is 10.0. The van der Waals surface area contributed by atoms with Gasteiger partial charge in [0, 0.05) is 11.6 Å². The first-order chi connectivity index (χ1) is 9.76. The van der Waals surface area contributed by atoms with Crippen molar-refractivity contribution in [3.05, 3.63) is 49.2 Å². The Kier molecular flexibility index (Phi) is 4.88. The Balaban J connectivity index is 2.19. The lowest BCUT2D eigenvalue weighted by Gasteiger charge is -2.13. The Morgan fingerprint density at radius 1 is 1.40 bits per heavy atom. The van der Waals surface area contributed by atoms with E-state index in [0.717, 1.165) is 35.9 Å². The average molecular weight is 268 g/mol. The summed E-state index contributed by atoms with van der Waals surface area (Å²) in [4.78, 5) is 16.6. The van der Waals surface area contributed by atoms with E-state index in [-0.39, 0.29) is 11.8 Å². The summed E-state index contributed by atoms with van der Waals surface area (Å²) in [6.07, 6.45) is 6.40. The van der Waals surface area contributed by atoms with Gasteiger partial charge >= 0.3 is 0 Å². The number of amides is 1. The van der Waals surface area contributed by atoms with Gasteiger partial charge in [-0.25, -0.2) is 0 Å². The summed E-state index contributed by atoms with van der Waals surface area (Å²) in [5.41, 5.74) is 1.58. The second kappa shape index (κ2) is 6.85. The van der Waals surface area contributed by atoms with Crippen molar-refractivity contribution in [1.29, 1.82) is 0 Å².